The lowest BCUT2D eigenvalue weighted by atomic mass is 10.1. The van der Waals surface area contributed by atoms with Crippen LogP contribution in [0.5, 0.6) is 0 Å². The van der Waals surface area contributed by atoms with Crippen LogP contribution in [0.15, 0.2) is 24.3 Å². The fourth-order valence-electron chi connectivity index (χ4n) is 2.17. The lowest BCUT2D eigenvalue weighted by Gasteiger charge is -2.13. The van der Waals surface area contributed by atoms with E-state index in [1.165, 1.54) is 24.3 Å². The maximum absolute atomic E-state index is 12.8. The van der Waals surface area contributed by atoms with Gasteiger partial charge in [0.15, 0.2) is 14.9 Å². The molecule has 22 heavy (non-hydrogen) atoms. The molecule has 1 fully saturated rings. The van der Waals surface area contributed by atoms with Gasteiger partial charge in [-0.2, -0.15) is 0 Å². The lowest BCUT2D eigenvalue weighted by molar-refractivity contribution is -0.122. The molecule has 1 saturated heterocycles. The number of sulfone groups is 1. The van der Waals surface area contributed by atoms with E-state index in [9.17, 15) is 17.6 Å². The molecule has 0 aliphatic carbocycles. The number of hydrogen-bond acceptors (Lipinski definition) is 4. The molecular formula is C13H16FN3O3S2. The molecule has 0 aromatic heterocycles. The molecule has 2 rings (SSSR count). The Balaban J connectivity index is 1.72. The van der Waals surface area contributed by atoms with Crippen LogP contribution in [0.2, 0.25) is 0 Å². The fraction of sp³-hybridized carbons (Fsp3) is 0.385. The van der Waals surface area contributed by atoms with Gasteiger partial charge in [-0.3, -0.25) is 15.6 Å². The molecule has 1 aromatic rings. The number of anilines is 1. The number of rotatable bonds is 3. The molecule has 1 aliphatic rings. The first-order valence-electron chi connectivity index (χ1n) is 6.66. The zero-order valence-corrected chi connectivity index (χ0v) is 13.3. The minimum atomic E-state index is -2.99. The zero-order chi connectivity index (χ0) is 16.2. The Hall–Kier alpha value is -1.74. The highest BCUT2D eigenvalue weighted by Gasteiger charge is 2.29. The second kappa shape index (κ2) is 7.01. The van der Waals surface area contributed by atoms with Gasteiger partial charge in [0.05, 0.1) is 11.5 Å². The summed E-state index contributed by atoms with van der Waals surface area (Å²) in [6.45, 7) is 0. The minimum absolute atomic E-state index is 0.0543. The molecule has 0 spiro atoms. The molecule has 1 heterocycles. The molecule has 1 amide bonds. The van der Waals surface area contributed by atoms with Crippen molar-refractivity contribution in [3.63, 3.8) is 0 Å². The minimum Gasteiger partial charge on any atom is -0.331 e. The van der Waals surface area contributed by atoms with Crippen LogP contribution in [0, 0.1) is 11.7 Å². The van der Waals surface area contributed by atoms with Gasteiger partial charge in [-0.15, -0.1) is 0 Å². The summed E-state index contributed by atoms with van der Waals surface area (Å²) < 4.78 is 35.4. The Bertz CT molecular complexity index is 662. The van der Waals surface area contributed by atoms with Crippen molar-refractivity contribution in [3.05, 3.63) is 30.1 Å². The molecule has 1 atom stereocenters. The van der Waals surface area contributed by atoms with E-state index >= 15 is 0 Å². The topological polar surface area (TPSA) is 87.3 Å². The molecule has 0 radical (unpaired) electrons. The van der Waals surface area contributed by atoms with Gasteiger partial charge in [0.1, 0.15) is 5.82 Å². The van der Waals surface area contributed by atoms with Crippen LogP contribution in [0.3, 0.4) is 0 Å². The summed E-state index contributed by atoms with van der Waals surface area (Å²) in [6, 6.07) is 5.58. The van der Waals surface area contributed by atoms with Crippen LogP contribution < -0.4 is 16.2 Å². The molecule has 0 saturated carbocycles. The van der Waals surface area contributed by atoms with Gasteiger partial charge in [-0.25, -0.2) is 12.8 Å². The Labute approximate surface area is 133 Å². The largest absolute Gasteiger partial charge is 0.331 e. The van der Waals surface area contributed by atoms with Crippen LogP contribution in [0.1, 0.15) is 12.8 Å². The van der Waals surface area contributed by atoms with E-state index < -0.39 is 9.84 Å². The average molecular weight is 345 g/mol. The normalized spacial score (nSPS) is 19.4. The molecule has 0 bridgehead atoms. The quantitative estimate of drug-likeness (QED) is 0.559. The van der Waals surface area contributed by atoms with E-state index in [2.05, 4.69) is 16.2 Å². The number of amides is 1. The van der Waals surface area contributed by atoms with Crippen molar-refractivity contribution in [2.45, 2.75) is 12.8 Å². The van der Waals surface area contributed by atoms with Gasteiger partial charge in [0.2, 0.25) is 5.91 Å². The monoisotopic (exact) mass is 345 g/mol. The summed E-state index contributed by atoms with van der Waals surface area (Å²) in [6.07, 6.45) is 0.638. The molecular weight excluding hydrogens is 329 g/mol. The van der Waals surface area contributed by atoms with Crippen LogP contribution in [0.4, 0.5) is 10.1 Å². The van der Waals surface area contributed by atoms with Crippen LogP contribution in [0.25, 0.3) is 0 Å². The summed E-state index contributed by atoms with van der Waals surface area (Å²) in [5.74, 6) is -0.637. The molecule has 0 unspecified atom stereocenters. The van der Waals surface area contributed by atoms with Gasteiger partial charge in [0, 0.05) is 12.1 Å². The third-order valence-electron chi connectivity index (χ3n) is 3.22. The predicted octanol–water partition coefficient (Wildman–Crippen LogP) is 0.968. The highest BCUT2D eigenvalue weighted by atomic mass is 32.2. The Morgan fingerprint density at radius 2 is 1.95 bits per heavy atom. The predicted molar refractivity (Wildman–Crippen MR) is 85.3 cm³/mol. The number of carbonyl (C=O) groups excluding carboxylic acids is 1. The molecule has 1 aromatic carbocycles. The fourth-order valence-corrected chi connectivity index (χ4v) is 4.20. The van der Waals surface area contributed by atoms with E-state index in [1.807, 2.05) is 0 Å². The summed E-state index contributed by atoms with van der Waals surface area (Å²) in [5.41, 5.74) is 5.50. The van der Waals surface area contributed by atoms with Gasteiger partial charge in [-0.1, -0.05) is 0 Å². The van der Waals surface area contributed by atoms with Gasteiger partial charge in [0.25, 0.3) is 0 Å². The van der Waals surface area contributed by atoms with Crippen molar-refractivity contribution in [2.75, 3.05) is 16.8 Å². The van der Waals surface area contributed by atoms with E-state index in [0.717, 1.165) is 0 Å². The number of hydrogen-bond donors (Lipinski definition) is 3. The standard InChI is InChI=1S/C13H16FN3O3S2/c14-10-1-3-11(4-2-10)15-13(21)17-16-12(18)7-9-5-6-22(19,20)8-9/h1-4,9H,5-8H2,(H,16,18)(H2,15,17,21)/t9-/m0/s1. The Morgan fingerprint density at radius 3 is 2.55 bits per heavy atom. The van der Waals surface area contributed by atoms with Crippen molar-refractivity contribution < 1.29 is 17.6 Å². The van der Waals surface area contributed by atoms with Crippen LogP contribution in [-0.2, 0) is 14.6 Å². The van der Waals surface area contributed by atoms with Crippen molar-refractivity contribution in [3.8, 4) is 0 Å². The van der Waals surface area contributed by atoms with E-state index in [-0.39, 0.29) is 40.7 Å². The lowest BCUT2D eigenvalue weighted by Crippen LogP contribution is -2.44. The molecule has 3 N–H and O–H groups in total. The van der Waals surface area contributed by atoms with Crippen molar-refractivity contribution in [2.24, 2.45) is 5.92 Å². The smallest absolute Gasteiger partial charge is 0.238 e. The summed E-state index contributed by atoms with van der Waals surface area (Å²) in [4.78, 5) is 11.7. The Kier molecular flexibility index (Phi) is 5.30. The third-order valence-corrected chi connectivity index (χ3v) is 5.26. The first kappa shape index (κ1) is 16.6. The zero-order valence-electron chi connectivity index (χ0n) is 11.6. The summed E-state index contributed by atoms with van der Waals surface area (Å²) in [5, 5.41) is 2.93. The summed E-state index contributed by atoms with van der Waals surface area (Å²) >= 11 is 4.98. The average Bonchev–Trinajstić information content (AvgIpc) is 2.78. The van der Waals surface area contributed by atoms with E-state index in [1.54, 1.807) is 0 Å². The van der Waals surface area contributed by atoms with Gasteiger partial charge < -0.3 is 5.32 Å². The molecule has 1 aliphatic heterocycles. The molecule has 6 nitrogen and oxygen atoms in total. The number of hydrazine groups is 1. The van der Waals surface area contributed by atoms with E-state index in [0.29, 0.717) is 12.1 Å². The first-order chi connectivity index (χ1) is 10.3. The number of carbonyl (C=O) groups is 1. The van der Waals surface area contributed by atoms with Gasteiger partial charge in [-0.05, 0) is 48.8 Å². The summed E-state index contributed by atoms with van der Waals surface area (Å²) in [7, 11) is -2.99. The molecule has 120 valence electrons. The molecule has 9 heteroatoms. The highest BCUT2D eigenvalue weighted by molar-refractivity contribution is 7.91. The number of halogens is 1. The van der Waals surface area contributed by atoms with Crippen LogP contribution >= 0.6 is 12.2 Å². The SMILES string of the molecule is O=C(C[C@@H]1CCS(=O)(=O)C1)NNC(=S)Nc1ccc(F)cc1. The van der Waals surface area contributed by atoms with Crippen LogP contribution in [-0.4, -0.2) is 30.9 Å². The highest BCUT2D eigenvalue weighted by Crippen LogP contribution is 2.21. The number of benzene rings is 1. The van der Waals surface area contributed by atoms with Crippen molar-refractivity contribution in [1.82, 2.24) is 10.9 Å². The number of nitrogens with one attached hydrogen (secondary N) is 3. The first-order valence-corrected chi connectivity index (χ1v) is 8.89. The van der Waals surface area contributed by atoms with Crippen molar-refractivity contribution >= 4 is 38.8 Å². The Morgan fingerprint density at radius 1 is 1.27 bits per heavy atom. The second-order valence-electron chi connectivity index (χ2n) is 5.11. The maximum Gasteiger partial charge on any atom is 0.238 e. The third kappa shape index (κ3) is 5.23. The maximum atomic E-state index is 12.8. The van der Waals surface area contributed by atoms with Gasteiger partial charge >= 0.3 is 0 Å². The second-order valence-corrected chi connectivity index (χ2v) is 7.74. The number of thiocarbonyl (C=S) groups is 1. The van der Waals surface area contributed by atoms with Crippen molar-refractivity contribution in [1.29, 1.82) is 0 Å². The van der Waals surface area contributed by atoms with E-state index in [4.69, 9.17) is 12.2 Å².